The average molecular weight is 290 g/mol. The highest BCUT2D eigenvalue weighted by atomic mass is 16.5. The Hall–Kier alpha value is -0.900. The predicted molar refractivity (Wildman–Crippen MR) is 88.5 cm³/mol. The van der Waals surface area contributed by atoms with Crippen molar-refractivity contribution in [1.82, 2.24) is 10.2 Å². The fourth-order valence-corrected chi connectivity index (χ4v) is 3.10. The topological polar surface area (TPSA) is 24.5 Å². The van der Waals surface area contributed by atoms with E-state index in [-0.39, 0.29) is 0 Å². The molecule has 0 spiro atoms. The molecule has 1 saturated heterocycles. The van der Waals surface area contributed by atoms with Crippen LogP contribution in [0.2, 0.25) is 0 Å². The molecule has 0 aliphatic carbocycles. The van der Waals surface area contributed by atoms with Crippen molar-refractivity contribution in [2.75, 3.05) is 33.4 Å². The van der Waals surface area contributed by atoms with Crippen LogP contribution in [0, 0.1) is 5.92 Å². The number of nitrogens with one attached hydrogen (secondary N) is 1. The molecule has 1 aliphatic rings. The van der Waals surface area contributed by atoms with E-state index in [0.29, 0.717) is 18.0 Å². The van der Waals surface area contributed by atoms with Crippen LogP contribution in [0.4, 0.5) is 0 Å². The molecular formula is C18H30N2O. The lowest BCUT2D eigenvalue weighted by Gasteiger charge is -2.42. The number of hydrogen-bond acceptors (Lipinski definition) is 3. The summed E-state index contributed by atoms with van der Waals surface area (Å²) in [6, 6.07) is 12.0. The minimum atomic E-state index is 0.503. The molecule has 1 aromatic carbocycles. The lowest BCUT2D eigenvalue weighted by Crippen LogP contribution is -2.54. The standard InChI is InChI=1S/C18H30N2O/c1-15(2)17-14-20(11-7-8-12-21-3)18(13-19-17)16-9-5-4-6-10-16/h4-6,9-10,15,17-19H,7-8,11-14H2,1-3H3. The number of unbranched alkanes of at least 4 members (excludes halogenated alkanes) is 1. The first-order chi connectivity index (χ1) is 10.2. The van der Waals surface area contributed by atoms with Gasteiger partial charge in [-0.25, -0.2) is 0 Å². The first-order valence-corrected chi connectivity index (χ1v) is 8.23. The second-order valence-corrected chi connectivity index (χ2v) is 6.38. The van der Waals surface area contributed by atoms with Crippen LogP contribution in [0.25, 0.3) is 0 Å². The van der Waals surface area contributed by atoms with E-state index >= 15 is 0 Å². The summed E-state index contributed by atoms with van der Waals surface area (Å²) in [7, 11) is 1.78. The van der Waals surface area contributed by atoms with E-state index < -0.39 is 0 Å². The molecule has 1 N–H and O–H groups in total. The molecule has 0 amide bonds. The highest BCUT2D eigenvalue weighted by Gasteiger charge is 2.29. The number of methoxy groups -OCH3 is 1. The molecule has 21 heavy (non-hydrogen) atoms. The number of piperazine rings is 1. The fourth-order valence-electron chi connectivity index (χ4n) is 3.10. The number of ether oxygens (including phenoxy) is 1. The number of hydrogen-bond donors (Lipinski definition) is 1. The maximum Gasteiger partial charge on any atom is 0.0473 e. The molecule has 1 aromatic rings. The van der Waals surface area contributed by atoms with Crippen molar-refractivity contribution in [3.05, 3.63) is 35.9 Å². The number of nitrogens with zero attached hydrogens (tertiary/aromatic N) is 1. The SMILES string of the molecule is COCCCCN1CC(C(C)C)NCC1c1ccccc1. The highest BCUT2D eigenvalue weighted by Crippen LogP contribution is 2.25. The molecule has 118 valence electrons. The molecule has 3 nitrogen and oxygen atoms in total. The maximum absolute atomic E-state index is 5.17. The van der Waals surface area contributed by atoms with Gasteiger partial charge < -0.3 is 10.1 Å². The average Bonchev–Trinajstić information content (AvgIpc) is 2.52. The third kappa shape index (κ3) is 4.80. The van der Waals surface area contributed by atoms with Crippen LogP contribution in [0.1, 0.15) is 38.3 Å². The van der Waals surface area contributed by atoms with E-state index in [1.807, 2.05) is 0 Å². The third-order valence-corrected chi connectivity index (χ3v) is 4.48. The zero-order chi connectivity index (χ0) is 15.1. The van der Waals surface area contributed by atoms with Crippen molar-refractivity contribution >= 4 is 0 Å². The van der Waals surface area contributed by atoms with Crippen LogP contribution in [-0.4, -0.2) is 44.3 Å². The maximum atomic E-state index is 5.17. The minimum Gasteiger partial charge on any atom is -0.385 e. The molecule has 2 rings (SSSR count). The highest BCUT2D eigenvalue weighted by molar-refractivity contribution is 5.20. The van der Waals surface area contributed by atoms with Crippen molar-refractivity contribution < 1.29 is 4.74 Å². The first-order valence-electron chi connectivity index (χ1n) is 8.23. The van der Waals surface area contributed by atoms with Gasteiger partial charge in [-0.05, 0) is 30.9 Å². The second-order valence-electron chi connectivity index (χ2n) is 6.38. The Kier molecular flexibility index (Phi) is 6.68. The lowest BCUT2D eigenvalue weighted by atomic mass is 9.95. The van der Waals surface area contributed by atoms with E-state index in [4.69, 9.17) is 4.74 Å². The molecule has 1 fully saturated rings. The smallest absolute Gasteiger partial charge is 0.0473 e. The Morgan fingerprint density at radius 2 is 2.00 bits per heavy atom. The Balaban J connectivity index is 1.99. The molecule has 0 radical (unpaired) electrons. The van der Waals surface area contributed by atoms with E-state index in [9.17, 15) is 0 Å². The van der Waals surface area contributed by atoms with Crippen molar-refractivity contribution in [1.29, 1.82) is 0 Å². The third-order valence-electron chi connectivity index (χ3n) is 4.48. The molecule has 2 unspecified atom stereocenters. The van der Waals surface area contributed by atoms with Gasteiger partial charge in [0.15, 0.2) is 0 Å². The van der Waals surface area contributed by atoms with Crippen LogP contribution in [0.15, 0.2) is 30.3 Å². The van der Waals surface area contributed by atoms with E-state index in [1.54, 1.807) is 7.11 Å². The van der Waals surface area contributed by atoms with Crippen molar-refractivity contribution in [3.63, 3.8) is 0 Å². The Morgan fingerprint density at radius 3 is 2.67 bits per heavy atom. The van der Waals surface area contributed by atoms with Crippen LogP contribution in [-0.2, 0) is 4.74 Å². The molecule has 2 atom stereocenters. The summed E-state index contributed by atoms with van der Waals surface area (Å²) in [4.78, 5) is 2.66. The van der Waals surface area contributed by atoms with E-state index in [2.05, 4.69) is 54.4 Å². The predicted octanol–water partition coefficient (Wildman–Crippen LogP) is 3.08. The molecular weight excluding hydrogens is 260 g/mol. The summed E-state index contributed by atoms with van der Waals surface area (Å²) < 4.78 is 5.17. The number of rotatable bonds is 7. The summed E-state index contributed by atoms with van der Waals surface area (Å²) in [5, 5.41) is 3.73. The van der Waals surface area contributed by atoms with Crippen LogP contribution >= 0.6 is 0 Å². The van der Waals surface area contributed by atoms with Crippen LogP contribution in [0.5, 0.6) is 0 Å². The lowest BCUT2D eigenvalue weighted by molar-refractivity contribution is 0.106. The van der Waals surface area contributed by atoms with Gasteiger partial charge in [0.05, 0.1) is 0 Å². The summed E-state index contributed by atoms with van der Waals surface area (Å²) in [6.45, 7) is 8.85. The summed E-state index contributed by atoms with van der Waals surface area (Å²) in [5.74, 6) is 0.684. The van der Waals surface area contributed by atoms with Crippen LogP contribution < -0.4 is 5.32 Å². The zero-order valence-corrected chi connectivity index (χ0v) is 13.7. The van der Waals surface area contributed by atoms with Gasteiger partial charge in [-0.15, -0.1) is 0 Å². The van der Waals surface area contributed by atoms with E-state index in [1.165, 1.54) is 12.0 Å². The van der Waals surface area contributed by atoms with Gasteiger partial charge in [0.2, 0.25) is 0 Å². The first kappa shape index (κ1) is 16.5. The van der Waals surface area contributed by atoms with Gasteiger partial charge in [0.25, 0.3) is 0 Å². The molecule has 0 saturated carbocycles. The molecule has 0 aromatic heterocycles. The Morgan fingerprint density at radius 1 is 1.24 bits per heavy atom. The molecule has 0 bridgehead atoms. The zero-order valence-electron chi connectivity index (χ0n) is 13.7. The van der Waals surface area contributed by atoms with Gasteiger partial charge in [0, 0.05) is 38.9 Å². The molecule has 1 aliphatic heterocycles. The monoisotopic (exact) mass is 290 g/mol. The summed E-state index contributed by atoms with van der Waals surface area (Å²) in [6.07, 6.45) is 2.36. The fraction of sp³-hybridized carbons (Fsp3) is 0.667. The van der Waals surface area contributed by atoms with Crippen LogP contribution in [0.3, 0.4) is 0 Å². The minimum absolute atomic E-state index is 0.503. The Labute approximate surface area is 129 Å². The Bertz CT molecular complexity index is 393. The quantitative estimate of drug-likeness (QED) is 0.781. The van der Waals surface area contributed by atoms with E-state index in [0.717, 1.165) is 32.7 Å². The van der Waals surface area contributed by atoms with Gasteiger partial charge >= 0.3 is 0 Å². The molecule has 3 heteroatoms. The van der Waals surface area contributed by atoms with Crippen molar-refractivity contribution in [2.24, 2.45) is 5.92 Å². The van der Waals surface area contributed by atoms with Crippen molar-refractivity contribution in [3.8, 4) is 0 Å². The summed E-state index contributed by atoms with van der Waals surface area (Å²) >= 11 is 0. The molecule has 1 heterocycles. The summed E-state index contributed by atoms with van der Waals surface area (Å²) in [5.41, 5.74) is 1.43. The largest absolute Gasteiger partial charge is 0.385 e. The van der Waals surface area contributed by atoms with Gasteiger partial charge in [-0.1, -0.05) is 44.2 Å². The number of benzene rings is 1. The second kappa shape index (κ2) is 8.52. The van der Waals surface area contributed by atoms with Gasteiger partial charge in [-0.2, -0.15) is 0 Å². The van der Waals surface area contributed by atoms with Gasteiger partial charge in [-0.3, -0.25) is 4.90 Å². The van der Waals surface area contributed by atoms with Crippen molar-refractivity contribution in [2.45, 2.75) is 38.8 Å². The normalized spacial score (nSPS) is 23.6. The van der Waals surface area contributed by atoms with Gasteiger partial charge in [0.1, 0.15) is 0 Å².